The number of esters is 1. The van der Waals surface area contributed by atoms with Crippen molar-refractivity contribution in [2.45, 2.75) is 45.1 Å². The zero-order chi connectivity index (χ0) is 11.8. The normalized spacial score (nSPS) is 22.0. The van der Waals surface area contributed by atoms with E-state index in [9.17, 15) is 9.90 Å². The van der Waals surface area contributed by atoms with Crippen LogP contribution in [0.5, 0.6) is 0 Å². The highest BCUT2D eigenvalue weighted by Gasteiger charge is 2.23. The molecule has 0 spiro atoms. The van der Waals surface area contributed by atoms with E-state index in [0.29, 0.717) is 13.2 Å². The van der Waals surface area contributed by atoms with E-state index in [1.54, 1.807) is 0 Å². The van der Waals surface area contributed by atoms with Crippen molar-refractivity contribution in [3.63, 3.8) is 0 Å². The second kappa shape index (κ2) is 7.63. The Bertz CT molecular complexity index is 208. The lowest BCUT2D eigenvalue weighted by Crippen LogP contribution is -2.44. The van der Waals surface area contributed by atoms with Gasteiger partial charge in [0.15, 0.2) is 0 Å². The van der Waals surface area contributed by atoms with Gasteiger partial charge in [0.25, 0.3) is 0 Å². The summed E-state index contributed by atoms with van der Waals surface area (Å²) in [5.74, 6) is -0.159. The highest BCUT2D eigenvalue weighted by atomic mass is 16.5. The first-order chi connectivity index (χ1) is 7.77. The summed E-state index contributed by atoms with van der Waals surface area (Å²) < 4.78 is 5.12. The van der Waals surface area contributed by atoms with E-state index in [4.69, 9.17) is 4.74 Å². The number of aliphatic hydroxyl groups excluding tert-OH is 1. The number of ether oxygens (including phenoxy) is 1. The fourth-order valence-corrected chi connectivity index (χ4v) is 2.02. The standard InChI is InChI=1S/C12H23NO3/c1-2-3-8-16-12(15)9-13-7-5-4-6-11(13)10-14/h11,14H,2-10H2,1H3/t11-/m1/s1. The van der Waals surface area contributed by atoms with E-state index in [1.807, 2.05) is 4.90 Å². The second-order valence-corrected chi connectivity index (χ2v) is 4.38. The van der Waals surface area contributed by atoms with Crippen LogP contribution < -0.4 is 0 Å². The van der Waals surface area contributed by atoms with Gasteiger partial charge >= 0.3 is 5.97 Å². The molecule has 1 heterocycles. The Morgan fingerprint density at radius 2 is 2.31 bits per heavy atom. The van der Waals surface area contributed by atoms with Crippen LogP contribution in [0, 0.1) is 0 Å². The number of unbranched alkanes of at least 4 members (excludes halogenated alkanes) is 1. The molecule has 0 amide bonds. The molecule has 16 heavy (non-hydrogen) atoms. The van der Waals surface area contributed by atoms with Gasteiger partial charge in [-0.1, -0.05) is 19.8 Å². The van der Waals surface area contributed by atoms with Crippen LogP contribution in [0.1, 0.15) is 39.0 Å². The van der Waals surface area contributed by atoms with Crippen molar-refractivity contribution >= 4 is 5.97 Å². The van der Waals surface area contributed by atoms with Crippen LogP contribution in [0.4, 0.5) is 0 Å². The second-order valence-electron chi connectivity index (χ2n) is 4.38. The third-order valence-electron chi connectivity index (χ3n) is 3.05. The SMILES string of the molecule is CCCCOC(=O)CN1CCCC[C@@H]1CO. The van der Waals surface area contributed by atoms with E-state index in [0.717, 1.165) is 38.6 Å². The zero-order valence-electron chi connectivity index (χ0n) is 10.2. The molecule has 0 aromatic carbocycles. The number of carbonyl (C=O) groups is 1. The molecule has 1 saturated heterocycles. The maximum atomic E-state index is 11.5. The monoisotopic (exact) mass is 229 g/mol. The zero-order valence-corrected chi connectivity index (χ0v) is 10.2. The molecule has 0 saturated carbocycles. The summed E-state index contributed by atoms with van der Waals surface area (Å²) in [6.07, 6.45) is 5.20. The van der Waals surface area contributed by atoms with Crippen molar-refractivity contribution < 1.29 is 14.6 Å². The Morgan fingerprint density at radius 1 is 1.50 bits per heavy atom. The van der Waals surface area contributed by atoms with Crippen molar-refractivity contribution in [3.05, 3.63) is 0 Å². The van der Waals surface area contributed by atoms with E-state index in [2.05, 4.69) is 6.92 Å². The predicted octanol–water partition coefficient (Wildman–Crippen LogP) is 1.18. The number of hydrogen-bond acceptors (Lipinski definition) is 4. The lowest BCUT2D eigenvalue weighted by Gasteiger charge is -2.33. The molecule has 1 N–H and O–H groups in total. The molecule has 0 aromatic rings. The maximum absolute atomic E-state index is 11.5. The minimum absolute atomic E-state index is 0.141. The van der Waals surface area contributed by atoms with Crippen LogP contribution in [0.15, 0.2) is 0 Å². The van der Waals surface area contributed by atoms with Gasteiger partial charge in [-0.2, -0.15) is 0 Å². The lowest BCUT2D eigenvalue weighted by molar-refractivity contribution is -0.146. The lowest BCUT2D eigenvalue weighted by atomic mass is 10.0. The van der Waals surface area contributed by atoms with Crippen molar-refractivity contribution in [1.82, 2.24) is 4.90 Å². The van der Waals surface area contributed by atoms with Gasteiger partial charge in [0.2, 0.25) is 0 Å². The summed E-state index contributed by atoms with van der Waals surface area (Å²) in [4.78, 5) is 13.5. The number of rotatable bonds is 6. The molecule has 0 aromatic heterocycles. The third kappa shape index (κ3) is 4.49. The van der Waals surface area contributed by atoms with Crippen LogP contribution in [0.2, 0.25) is 0 Å². The fourth-order valence-electron chi connectivity index (χ4n) is 2.02. The fraction of sp³-hybridized carbons (Fsp3) is 0.917. The molecule has 0 aliphatic carbocycles. The van der Waals surface area contributed by atoms with Crippen LogP contribution in [0.25, 0.3) is 0 Å². The van der Waals surface area contributed by atoms with Gasteiger partial charge in [-0.3, -0.25) is 9.69 Å². The Hall–Kier alpha value is -0.610. The predicted molar refractivity (Wildman–Crippen MR) is 62.2 cm³/mol. The van der Waals surface area contributed by atoms with Crippen molar-refractivity contribution in [1.29, 1.82) is 0 Å². The van der Waals surface area contributed by atoms with Gasteiger partial charge in [-0.05, 0) is 25.8 Å². The molecule has 1 aliphatic heterocycles. The number of likely N-dealkylation sites (tertiary alicyclic amines) is 1. The van der Waals surface area contributed by atoms with E-state index < -0.39 is 0 Å². The van der Waals surface area contributed by atoms with Crippen LogP contribution in [-0.4, -0.2) is 48.3 Å². The Kier molecular flexibility index (Phi) is 6.42. The molecule has 0 unspecified atom stereocenters. The van der Waals surface area contributed by atoms with Gasteiger partial charge in [-0.25, -0.2) is 0 Å². The number of carbonyl (C=O) groups excluding carboxylic acids is 1. The number of aliphatic hydroxyl groups is 1. The first-order valence-corrected chi connectivity index (χ1v) is 6.28. The smallest absolute Gasteiger partial charge is 0.320 e. The van der Waals surface area contributed by atoms with Crippen molar-refractivity contribution in [3.8, 4) is 0 Å². The average molecular weight is 229 g/mol. The summed E-state index contributed by atoms with van der Waals surface area (Å²) in [6, 6.07) is 0.146. The van der Waals surface area contributed by atoms with Gasteiger partial charge in [0.1, 0.15) is 0 Å². The molecule has 4 heteroatoms. The van der Waals surface area contributed by atoms with Crippen LogP contribution in [-0.2, 0) is 9.53 Å². The molecule has 1 atom stereocenters. The van der Waals surface area contributed by atoms with E-state index in [-0.39, 0.29) is 18.6 Å². The van der Waals surface area contributed by atoms with Gasteiger partial charge in [-0.15, -0.1) is 0 Å². The van der Waals surface area contributed by atoms with E-state index >= 15 is 0 Å². The van der Waals surface area contributed by atoms with Gasteiger partial charge in [0, 0.05) is 6.04 Å². The topological polar surface area (TPSA) is 49.8 Å². The maximum Gasteiger partial charge on any atom is 0.320 e. The Balaban J connectivity index is 2.25. The Labute approximate surface area is 97.6 Å². The molecule has 0 radical (unpaired) electrons. The summed E-state index contributed by atoms with van der Waals surface area (Å²) in [5, 5.41) is 9.19. The van der Waals surface area contributed by atoms with Gasteiger partial charge in [0.05, 0.1) is 19.8 Å². The molecule has 1 rings (SSSR count). The summed E-state index contributed by atoms with van der Waals surface area (Å²) in [5.41, 5.74) is 0. The minimum Gasteiger partial charge on any atom is -0.465 e. The highest BCUT2D eigenvalue weighted by Crippen LogP contribution is 2.16. The average Bonchev–Trinajstić information content (AvgIpc) is 2.30. The largest absolute Gasteiger partial charge is 0.465 e. The molecular formula is C12H23NO3. The summed E-state index contributed by atoms with van der Waals surface area (Å²) in [7, 11) is 0. The van der Waals surface area contributed by atoms with Crippen LogP contribution in [0.3, 0.4) is 0 Å². The number of nitrogens with zero attached hydrogens (tertiary/aromatic N) is 1. The van der Waals surface area contributed by atoms with Crippen LogP contribution >= 0.6 is 0 Å². The third-order valence-corrected chi connectivity index (χ3v) is 3.05. The summed E-state index contributed by atoms with van der Waals surface area (Å²) in [6.45, 7) is 3.96. The first-order valence-electron chi connectivity index (χ1n) is 6.28. The molecule has 1 aliphatic rings. The van der Waals surface area contributed by atoms with Crippen molar-refractivity contribution in [2.75, 3.05) is 26.3 Å². The molecule has 1 fully saturated rings. The number of piperidine rings is 1. The quantitative estimate of drug-likeness (QED) is 0.549. The molecule has 0 bridgehead atoms. The molecule has 4 nitrogen and oxygen atoms in total. The highest BCUT2D eigenvalue weighted by molar-refractivity contribution is 5.71. The summed E-state index contributed by atoms with van der Waals surface area (Å²) >= 11 is 0. The molecular weight excluding hydrogens is 206 g/mol. The minimum atomic E-state index is -0.159. The molecule has 94 valence electrons. The number of hydrogen-bond donors (Lipinski definition) is 1. The van der Waals surface area contributed by atoms with E-state index in [1.165, 1.54) is 0 Å². The van der Waals surface area contributed by atoms with Crippen molar-refractivity contribution in [2.24, 2.45) is 0 Å². The Morgan fingerprint density at radius 3 is 3.00 bits per heavy atom. The van der Waals surface area contributed by atoms with Gasteiger partial charge < -0.3 is 9.84 Å². The first kappa shape index (κ1) is 13.5.